The number of halogens is 2. The van der Waals surface area contributed by atoms with E-state index < -0.39 is 11.0 Å². The molecule has 1 amide bonds. The van der Waals surface area contributed by atoms with Crippen molar-refractivity contribution in [3.63, 3.8) is 0 Å². The number of benzene rings is 2. The van der Waals surface area contributed by atoms with E-state index in [9.17, 15) is 9.00 Å². The Morgan fingerprint density at radius 1 is 1.03 bits per heavy atom. The summed E-state index contributed by atoms with van der Waals surface area (Å²) in [6, 6.07) is 12.1. The zero-order valence-electron chi connectivity index (χ0n) is 16.3. The van der Waals surface area contributed by atoms with Crippen LogP contribution in [-0.2, 0) is 21.2 Å². The van der Waals surface area contributed by atoms with Gasteiger partial charge in [-0.2, -0.15) is 0 Å². The number of carbonyl (C=O) groups is 1. The van der Waals surface area contributed by atoms with Gasteiger partial charge in [-0.3, -0.25) is 9.52 Å². The van der Waals surface area contributed by atoms with Gasteiger partial charge in [0.15, 0.2) is 0 Å². The quantitative estimate of drug-likeness (QED) is 0.669. The number of carbonyl (C=O) groups excluding carboxylic acids is 1. The van der Waals surface area contributed by atoms with Crippen LogP contribution in [0.4, 0.5) is 11.4 Å². The summed E-state index contributed by atoms with van der Waals surface area (Å²) in [7, 11) is -1.36. The number of amides is 1. The minimum absolute atomic E-state index is 0.0949. The van der Waals surface area contributed by atoms with E-state index in [-0.39, 0.29) is 17.7 Å². The molecule has 1 spiro atoms. The highest BCUT2D eigenvalue weighted by Crippen LogP contribution is 2.56. The van der Waals surface area contributed by atoms with Gasteiger partial charge in [0, 0.05) is 46.1 Å². The first-order valence-electron chi connectivity index (χ1n) is 9.91. The summed E-state index contributed by atoms with van der Waals surface area (Å²) >= 11 is 12.9. The molecule has 7 heteroatoms. The summed E-state index contributed by atoms with van der Waals surface area (Å²) < 4.78 is 13.8. The minimum atomic E-state index is -1.36. The molecule has 1 fully saturated rings. The van der Waals surface area contributed by atoms with Crippen LogP contribution in [0.3, 0.4) is 0 Å². The van der Waals surface area contributed by atoms with Crippen LogP contribution in [0, 0.1) is 0 Å². The molecule has 1 aliphatic heterocycles. The normalized spacial score (nSPS) is 18.1. The maximum atomic E-state index is 12.2. The Morgan fingerprint density at radius 3 is 2.10 bits per heavy atom. The Bertz CT molecular complexity index is 918. The third-order valence-electron chi connectivity index (χ3n) is 6.06. The molecule has 1 saturated carbocycles. The topological polar surface area (TPSA) is 49.4 Å². The summed E-state index contributed by atoms with van der Waals surface area (Å²) in [5, 5.41) is 1.44. The first-order valence-corrected chi connectivity index (χ1v) is 12.2. The van der Waals surface area contributed by atoms with Gasteiger partial charge in [0.2, 0.25) is 5.91 Å². The van der Waals surface area contributed by atoms with Crippen LogP contribution in [0.2, 0.25) is 10.0 Å². The van der Waals surface area contributed by atoms with Gasteiger partial charge in [0.1, 0.15) is 11.0 Å². The maximum Gasteiger partial charge on any atom is 0.233 e. The lowest BCUT2D eigenvalue weighted by atomic mass is 9.63. The summed E-state index contributed by atoms with van der Waals surface area (Å²) in [6.07, 6.45) is 7.42. The molecule has 0 aromatic heterocycles. The van der Waals surface area contributed by atoms with E-state index >= 15 is 0 Å². The van der Waals surface area contributed by atoms with Crippen molar-refractivity contribution in [2.45, 2.75) is 43.9 Å². The highest BCUT2D eigenvalue weighted by atomic mass is 35.5. The van der Waals surface area contributed by atoms with Crippen LogP contribution in [-0.4, -0.2) is 22.9 Å². The molecule has 29 heavy (non-hydrogen) atoms. The highest BCUT2D eigenvalue weighted by molar-refractivity contribution is 7.82. The molecule has 4 rings (SSSR count). The average Bonchev–Trinajstić information content (AvgIpc) is 2.69. The van der Waals surface area contributed by atoms with E-state index in [1.54, 1.807) is 0 Å². The Hall–Kier alpha value is -1.56. The van der Waals surface area contributed by atoms with Crippen LogP contribution in [0.1, 0.15) is 49.7 Å². The monoisotopic (exact) mass is 450 g/mol. The van der Waals surface area contributed by atoms with Gasteiger partial charge < -0.3 is 4.90 Å². The van der Waals surface area contributed by atoms with Gasteiger partial charge in [-0.05, 0) is 60.4 Å². The number of nitrogens with one attached hydrogen (secondary N) is 1. The number of nitrogens with zero attached hydrogens (tertiary/aromatic N) is 1. The molecule has 0 bridgehead atoms. The van der Waals surface area contributed by atoms with Crippen LogP contribution < -0.4 is 9.62 Å². The standard InChI is InChI=1S/C22H24Cl2N2O2S/c1-29(28)25-21(27)9-12-26-19-7-5-15(23)13-17(19)22(10-3-2-4-11-22)18-14-16(24)6-8-20(18)26/h5-8,13-14H,2-4,9-12H2,1H3,(H,25,27). The number of hydrogen-bond donors (Lipinski definition) is 1. The first-order chi connectivity index (χ1) is 13.9. The van der Waals surface area contributed by atoms with Gasteiger partial charge in [0.05, 0.1) is 0 Å². The fourth-order valence-electron chi connectivity index (χ4n) is 4.89. The van der Waals surface area contributed by atoms with Crippen molar-refractivity contribution in [3.05, 3.63) is 57.6 Å². The smallest absolute Gasteiger partial charge is 0.233 e. The lowest BCUT2D eigenvalue weighted by Gasteiger charge is -2.47. The average molecular weight is 451 g/mol. The van der Waals surface area contributed by atoms with Crippen LogP contribution in [0.25, 0.3) is 0 Å². The molecule has 1 unspecified atom stereocenters. The van der Waals surface area contributed by atoms with Gasteiger partial charge in [-0.1, -0.05) is 42.5 Å². The SMILES string of the molecule is CS(=O)NC(=O)CCN1c2ccc(Cl)cc2C2(CCCCC2)c2cc(Cl)ccc21. The van der Waals surface area contributed by atoms with Crippen molar-refractivity contribution in [1.82, 2.24) is 4.72 Å². The van der Waals surface area contributed by atoms with Crippen molar-refractivity contribution in [3.8, 4) is 0 Å². The second-order valence-electron chi connectivity index (χ2n) is 7.85. The van der Waals surface area contributed by atoms with E-state index in [0.717, 1.165) is 34.3 Å². The Balaban J connectivity index is 1.81. The third-order valence-corrected chi connectivity index (χ3v) is 7.04. The molecule has 0 radical (unpaired) electrons. The Labute approximate surface area is 184 Å². The second kappa shape index (κ2) is 8.29. The predicted molar refractivity (Wildman–Crippen MR) is 121 cm³/mol. The Kier molecular flexibility index (Phi) is 5.92. The van der Waals surface area contributed by atoms with E-state index in [1.165, 1.54) is 36.6 Å². The van der Waals surface area contributed by atoms with E-state index in [1.807, 2.05) is 12.1 Å². The number of hydrogen-bond acceptors (Lipinski definition) is 3. The van der Waals surface area contributed by atoms with Crippen molar-refractivity contribution in [2.75, 3.05) is 17.7 Å². The molecule has 2 aliphatic rings. The Morgan fingerprint density at radius 2 is 1.59 bits per heavy atom. The van der Waals surface area contributed by atoms with Crippen LogP contribution >= 0.6 is 23.2 Å². The molecular weight excluding hydrogens is 427 g/mol. The molecule has 154 valence electrons. The van der Waals surface area contributed by atoms with Crippen molar-refractivity contribution in [2.24, 2.45) is 0 Å². The van der Waals surface area contributed by atoms with Gasteiger partial charge in [-0.15, -0.1) is 0 Å². The van der Waals surface area contributed by atoms with Gasteiger partial charge in [0.25, 0.3) is 0 Å². The lowest BCUT2D eigenvalue weighted by Crippen LogP contribution is -2.39. The molecule has 4 nitrogen and oxygen atoms in total. The summed E-state index contributed by atoms with van der Waals surface area (Å²) in [5.41, 5.74) is 4.54. The van der Waals surface area contributed by atoms with Crippen molar-refractivity contribution >= 4 is 51.5 Å². The predicted octanol–water partition coefficient (Wildman–Crippen LogP) is 5.49. The fraction of sp³-hybridized carbons (Fsp3) is 0.409. The fourth-order valence-corrected chi connectivity index (χ4v) is 5.66. The first kappa shape index (κ1) is 20.7. The minimum Gasteiger partial charge on any atom is -0.340 e. The molecule has 1 heterocycles. The molecule has 0 saturated heterocycles. The molecule has 1 atom stereocenters. The van der Waals surface area contributed by atoms with E-state index in [4.69, 9.17) is 23.2 Å². The molecular formula is C22H24Cl2N2O2S. The van der Waals surface area contributed by atoms with Crippen molar-refractivity contribution < 1.29 is 9.00 Å². The second-order valence-corrected chi connectivity index (χ2v) is 9.83. The summed E-state index contributed by atoms with van der Waals surface area (Å²) in [5.74, 6) is -0.227. The lowest BCUT2D eigenvalue weighted by molar-refractivity contribution is -0.119. The maximum absolute atomic E-state index is 12.2. The van der Waals surface area contributed by atoms with Gasteiger partial charge >= 0.3 is 0 Å². The van der Waals surface area contributed by atoms with Crippen LogP contribution in [0.5, 0.6) is 0 Å². The summed E-state index contributed by atoms with van der Waals surface area (Å²) in [4.78, 5) is 14.3. The molecule has 1 N–H and O–H groups in total. The highest BCUT2D eigenvalue weighted by Gasteiger charge is 2.44. The summed E-state index contributed by atoms with van der Waals surface area (Å²) in [6.45, 7) is 0.488. The number of anilines is 2. The zero-order valence-corrected chi connectivity index (χ0v) is 18.7. The third kappa shape index (κ3) is 3.92. The van der Waals surface area contributed by atoms with E-state index in [2.05, 4.69) is 33.9 Å². The number of fused-ring (bicyclic) bond motifs is 4. The molecule has 2 aromatic carbocycles. The molecule has 2 aromatic rings. The van der Waals surface area contributed by atoms with E-state index in [0.29, 0.717) is 6.54 Å². The van der Waals surface area contributed by atoms with Crippen LogP contribution in [0.15, 0.2) is 36.4 Å². The van der Waals surface area contributed by atoms with Gasteiger partial charge in [-0.25, -0.2) is 4.21 Å². The number of rotatable bonds is 4. The van der Waals surface area contributed by atoms with Crippen molar-refractivity contribution in [1.29, 1.82) is 0 Å². The molecule has 1 aliphatic carbocycles. The zero-order chi connectivity index (χ0) is 20.6. The largest absolute Gasteiger partial charge is 0.340 e.